The van der Waals surface area contributed by atoms with Crippen LogP contribution in [0.25, 0.3) is 0 Å². The summed E-state index contributed by atoms with van der Waals surface area (Å²) in [5.74, 6) is 0.380. The van der Waals surface area contributed by atoms with E-state index in [-0.39, 0.29) is 5.91 Å². The van der Waals surface area contributed by atoms with Crippen molar-refractivity contribution in [3.8, 4) is 0 Å². The summed E-state index contributed by atoms with van der Waals surface area (Å²) in [7, 11) is 3.52. The first-order valence-corrected chi connectivity index (χ1v) is 7.77. The molecule has 1 saturated carbocycles. The molecule has 4 N–H and O–H groups in total. The summed E-state index contributed by atoms with van der Waals surface area (Å²) < 4.78 is 1.78. The third kappa shape index (κ3) is 2.73. The van der Waals surface area contributed by atoms with E-state index < -0.39 is 0 Å². The first-order valence-electron chi connectivity index (χ1n) is 6.95. The molecule has 1 fully saturated rings. The van der Waals surface area contributed by atoms with Gasteiger partial charge in [-0.05, 0) is 18.8 Å². The number of anilines is 2. The SMILES string of the molecule is CNC(=O)c1sc(NCc2cnn(C)c2)c(C2CC2)c1N. The van der Waals surface area contributed by atoms with E-state index in [2.05, 4.69) is 15.7 Å². The average molecular weight is 305 g/mol. The Morgan fingerprint density at radius 1 is 1.57 bits per heavy atom. The number of amides is 1. The molecule has 0 atom stereocenters. The van der Waals surface area contributed by atoms with Crippen molar-refractivity contribution in [2.75, 3.05) is 18.1 Å². The summed E-state index contributed by atoms with van der Waals surface area (Å²) in [5, 5.41) is 11.2. The largest absolute Gasteiger partial charge is 0.397 e. The lowest BCUT2D eigenvalue weighted by Crippen LogP contribution is -2.17. The van der Waals surface area contributed by atoms with Crippen molar-refractivity contribution in [1.29, 1.82) is 0 Å². The third-order valence-electron chi connectivity index (χ3n) is 3.61. The van der Waals surface area contributed by atoms with Gasteiger partial charge in [0, 0.05) is 38.0 Å². The zero-order valence-electron chi connectivity index (χ0n) is 12.1. The van der Waals surface area contributed by atoms with Crippen LogP contribution in [-0.4, -0.2) is 22.7 Å². The number of thiophene rings is 1. The zero-order valence-corrected chi connectivity index (χ0v) is 13.0. The van der Waals surface area contributed by atoms with E-state index in [4.69, 9.17) is 5.73 Å². The highest BCUT2D eigenvalue weighted by atomic mass is 32.1. The molecule has 0 unspecified atom stereocenters. The topological polar surface area (TPSA) is 85.0 Å². The maximum Gasteiger partial charge on any atom is 0.263 e. The molecule has 7 heteroatoms. The number of rotatable bonds is 5. The molecule has 0 bridgehead atoms. The first kappa shape index (κ1) is 13.9. The molecule has 0 spiro atoms. The Morgan fingerprint density at radius 2 is 2.33 bits per heavy atom. The second-order valence-electron chi connectivity index (χ2n) is 5.32. The summed E-state index contributed by atoms with van der Waals surface area (Å²) in [6, 6.07) is 0. The maximum absolute atomic E-state index is 11.9. The van der Waals surface area contributed by atoms with Gasteiger partial charge in [-0.25, -0.2) is 0 Å². The quantitative estimate of drug-likeness (QED) is 0.788. The van der Waals surface area contributed by atoms with Crippen molar-refractivity contribution in [3.63, 3.8) is 0 Å². The minimum atomic E-state index is -0.117. The fourth-order valence-electron chi connectivity index (χ4n) is 2.39. The summed E-state index contributed by atoms with van der Waals surface area (Å²) in [6.45, 7) is 0.681. The minimum Gasteiger partial charge on any atom is -0.397 e. The summed E-state index contributed by atoms with van der Waals surface area (Å²) in [4.78, 5) is 12.5. The van der Waals surface area contributed by atoms with Crippen molar-refractivity contribution >= 4 is 27.9 Å². The fourth-order valence-corrected chi connectivity index (χ4v) is 3.54. The van der Waals surface area contributed by atoms with Gasteiger partial charge in [-0.2, -0.15) is 5.10 Å². The van der Waals surface area contributed by atoms with Crippen LogP contribution in [0.2, 0.25) is 0 Å². The number of aromatic nitrogens is 2. The van der Waals surface area contributed by atoms with Gasteiger partial charge in [0.2, 0.25) is 0 Å². The van der Waals surface area contributed by atoms with Crippen molar-refractivity contribution in [3.05, 3.63) is 28.4 Å². The predicted octanol–water partition coefficient (Wildman–Crippen LogP) is 1.91. The van der Waals surface area contributed by atoms with Crippen LogP contribution in [0.3, 0.4) is 0 Å². The van der Waals surface area contributed by atoms with Crippen LogP contribution in [0.15, 0.2) is 12.4 Å². The Bertz CT molecular complexity index is 671. The Balaban J connectivity index is 1.84. The lowest BCUT2D eigenvalue weighted by Gasteiger charge is -2.06. The number of nitrogens with one attached hydrogen (secondary N) is 2. The van der Waals surface area contributed by atoms with Crippen molar-refractivity contribution in [2.24, 2.45) is 7.05 Å². The van der Waals surface area contributed by atoms with Crippen LogP contribution in [0.4, 0.5) is 10.7 Å². The van der Waals surface area contributed by atoms with Crippen LogP contribution in [0, 0.1) is 0 Å². The summed E-state index contributed by atoms with van der Waals surface area (Å²) in [6.07, 6.45) is 6.10. The monoisotopic (exact) mass is 305 g/mol. The molecule has 2 aromatic rings. The second kappa shape index (κ2) is 5.40. The number of nitrogens with zero attached hydrogens (tertiary/aromatic N) is 2. The lowest BCUT2D eigenvalue weighted by atomic mass is 10.1. The van der Waals surface area contributed by atoms with E-state index in [1.54, 1.807) is 11.7 Å². The molecule has 0 aromatic carbocycles. The van der Waals surface area contributed by atoms with E-state index in [0.29, 0.717) is 23.0 Å². The van der Waals surface area contributed by atoms with Gasteiger partial charge < -0.3 is 16.4 Å². The lowest BCUT2D eigenvalue weighted by molar-refractivity contribution is 0.0968. The molecule has 0 radical (unpaired) electrons. The molecule has 1 amide bonds. The summed E-state index contributed by atoms with van der Waals surface area (Å²) in [5.41, 5.74) is 9.04. The molecular formula is C14H19N5OS. The van der Waals surface area contributed by atoms with Crippen LogP contribution in [0.1, 0.15) is 39.6 Å². The van der Waals surface area contributed by atoms with Crippen molar-refractivity contribution in [1.82, 2.24) is 15.1 Å². The van der Waals surface area contributed by atoms with Gasteiger partial charge in [-0.1, -0.05) is 0 Å². The van der Waals surface area contributed by atoms with E-state index in [0.717, 1.165) is 29.0 Å². The number of carbonyl (C=O) groups excluding carboxylic acids is 1. The fraction of sp³-hybridized carbons (Fsp3) is 0.429. The van der Waals surface area contributed by atoms with Gasteiger partial charge in [0.15, 0.2) is 0 Å². The molecule has 1 aliphatic rings. The molecule has 0 aliphatic heterocycles. The van der Waals surface area contributed by atoms with Gasteiger partial charge in [-0.3, -0.25) is 9.48 Å². The molecule has 2 aromatic heterocycles. The molecule has 1 aliphatic carbocycles. The predicted molar refractivity (Wildman–Crippen MR) is 84.6 cm³/mol. The Labute approximate surface area is 127 Å². The normalized spacial score (nSPS) is 14.2. The smallest absolute Gasteiger partial charge is 0.263 e. The van der Waals surface area contributed by atoms with Crippen LogP contribution >= 0.6 is 11.3 Å². The first-order chi connectivity index (χ1) is 10.1. The van der Waals surface area contributed by atoms with Gasteiger partial charge in [-0.15, -0.1) is 11.3 Å². The molecule has 6 nitrogen and oxygen atoms in total. The highest BCUT2D eigenvalue weighted by Gasteiger charge is 2.32. The number of hydrogen-bond acceptors (Lipinski definition) is 5. The van der Waals surface area contributed by atoms with Crippen molar-refractivity contribution < 1.29 is 4.79 Å². The molecular weight excluding hydrogens is 286 g/mol. The highest BCUT2D eigenvalue weighted by Crippen LogP contribution is 2.50. The van der Waals surface area contributed by atoms with Gasteiger partial charge >= 0.3 is 0 Å². The second-order valence-corrected chi connectivity index (χ2v) is 6.34. The van der Waals surface area contributed by atoms with Crippen molar-refractivity contribution in [2.45, 2.75) is 25.3 Å². The number of carbonyl (C=O) groups is 1. The van der Waals surface area contributed by atoms with Gasteiger partial charge in [0.1, 0.15) is 4.88 Å². The molecule has 0 saturated heterocycles. The maximum atomic E-state index is 11.9. The summed E-state index contributed by atoms with van der Waals surface area (Å²) >= 11 is 1.44. The standard InChI is InChI=1S/C14H19N5OS/c1-16-13(20)12-11(15)10(9-3-4-9)14(21-12)17-5-8-6-18-19(2)7-8/h6-7,9,17H,3-5,15H2,1-2H3,(H,16,20). The number of hydrogen-bond donors (Lipinski definition) is 3. The van der Waals surface area contributed by atoms with Gasteiger partial charge in [0.25, 0.3) is 5.91 Å². The molecule has 3 rings (SSSR count). The Hall–Kier alpha value is -2.02. The minimum absolute atomic E-state index is 0.117. The number of nitrogens with two attached hydrogens (primary N) is 1. The number of nitrogen functional groups attached to an aromatic ring is 1. The third-order valence-corrected chi connectivity index (χ3v) is 4.79. The van der Waals surface area contributed by atoms with Crippen LogP contribution < -0.4 is 16.4 Å². The van der Waals surface area contributed by atoms with E-state index in [9.17, 15) is 4.79 Å². The van der Waals surface area contributed by atoms with E-state index >= 15 is 0 Å². The zero-order chi connectivity index (χ0) is 15.0. The van der Waals surface area contributed by atoms with E-state index in [1.165, 1.54) is 11.3 Å². The van der Waals surface area contributed by atoms with Gasteiger partial charge in [0.05, 0.1) is 16.9 Å². The van der Waals surface area contributed by atoms with Crippen LogP contribution in [0.5, 0.6) is 0 Å². The Kier molecular flexibility index (Phi) is 3.59. The Morgan fingerprint density at radius 3 is 2.90 bits per heavy atom. The highest BCUT2D eigenvalue weighted by molar-refractivity contribution is 7.18. The van der Waals surface area contributed by atoms with E-state index in [1.807, 2.05) is 19.4 Å². The molecule has 21 heavy (non-hydrogen) atoms. The average Bonchev–Trinajstić information content (AvgIpc) is 3.13. The molecule has 112 valence electrons. The van der Waals surface area contributed by atoms with Crippen LogP contribution in [-0.2, 0) is 13.6 Å². The number of aryl methyl sites for hydroxylation is 1. The molecule has 2 heterocycles.